The summed E-state index contributed by atoms with van der Waals surface area (Å²) in [5.41, 5.74) is 4.52. The number of carbonyl (C=O) groups excluding carboxylic acids is 2. The van der Waals surface area contributed by atoms with Crippen molar-refractivity contribution in [3.05, 3.63) is 0 Å². The smallest absolute Gasteiger partial charge is 0.224 e. The molecule has 0 aromatic heterocycles. The SMILES string of the molecule is CC(C)NCCCC(=O)NCC(C)(C)C(N)=O. The molecule has 0 saturated carbocycles. The molecule has 0 unspecified atom stereocenters. The number of rotatable bonds is 8. The molecule has 0 radical (unpaired) electrons. The largest absolute Gasteiger partial charge is 0.369 e. The minimum atomic E-state index is -0.689. The lowest BCUT2D eigenvalue weighted by Gasteiger charge is -2.20. The number of hydrogen-bond donors (Lipinski definition) is 3. The lowest BCUT2D eigenvalue weighted by atomic mass is 9.93. The molecule has 0 aromatic rings. The van der Waals surface area contributed by atoms with E-state index in [-0.39, 0.29) is 5.91 Å². The van der Waals surface area contributed by atoms with Crippen LogP contribution < -0.4 is 16.4 Å². The van der Waals surface area contributed by atoms with Crippen LogP contribution in [-0.4, -0.2) is 30.9 Å². The van der Waals surface area contributed by atoms with Crippen LogP contribution in [0.25, 0.3) is 0 Å². The van der Waals surface area contributed by atoms with Crippen molar-refractivity contribution < 1.29 is 9.59 Å². The monoisotopic (exact) mass is 243 g/mol. The Morgan fingerprint density at radius 1 is 1.29 bits per heavy atom. The van der Waals surface area contributed by atoms with Crippen LogP contribution in [0.1, 0.15) is 40.5 Å². The maximum absolute atomic E-state index is 11.5. The molecular formula is C12H25N3O2. The van der Waals surface area contributed by atoms with Gasteiger partial charge in [-0.2, -0.15) is 0 Å². The van der Waals surface area contributed by atoms with Gasteiger partial charge in [-0.3, -0.25) is 9.59 Å². The van der Waals surface area contributed by atoms with E-state index in [0.29, 0.717) is 19.0 Å². The zero-order valence-electron chi connectivity index (χ0n) is 11.3. The number of carbonyl (C=O) groups is 2. The maximum atomic E-state index is 11.5. The van der Waals surface area contributed by atoms with Crippen molar-refractivity contribution in [2.75, 3.05) is 13.1 Å². The molecule has 0 saturated heterocycles. The van der Waals surface area contributed by atoms with E-state index in [0.717, 1.165) is 13.0 Å². The van der Waals surface area contributed by atoms with E-state index < -0.39 is 11.3 Å². The number of nitrogens with one attached hydrogen (secondary N) is 2. The quantitative estimate of drug-likeness (QED) is 0.539. The Balaban J connectivity index is 3.70. The second-order valence-electron chi connectivity index (χ2n) is 5.24. The van der Waals surface area contributed by atoms with Gasteiger partial charge in [0.1, 0.15) is 0 Å². The molecule has 17 heavy (non-hydrogen) atoms. The summed E-state index contributed by atoms with van der Waals surface area (Å²) in [5.74, 6) is -0.441. The topological polar surface area (TPSA) is 84.2 Å². The van der Waals surface area contributed by atoms with Crippen molar-refractivity contribution in [1.82, 2.24) is 10.6 Å². The van der Waals surface area contributed by atoms with Gasteiger partial charge in [0.05, 0.1) is 5.41 Å². The molecule has 0 aliphatic heterocycles. The Morgan fingerprint density at radius 3 is 2.35 bits per heavy atom. The Morgan fingerprint density at radius 2 is 1.88 bits per heavy atom. The van der Waals surface area contributed by atoms with Gasteiger partial charge < -0.3 is 16.4 Å². The van der Waals surface area contributed by atoms with Crippen molar-refractivity contribution in [2.24, 2.45) is 11.1 Å². The van der Waals surface area contributed by atoms with Gasteiger partial charge >= 0.3 is 0 Å². The van der Waals surface area contributed by atoms with E-state index in [1.165, 1.54) is 0 Å². The third-order valence-electron chi connectivity index (χ3n) is 2.53. The summed E-state index contributed by atoms with van der Waals surface area (Å²) in [7, 11) is 0. The molecule has 5 nitrogen and oxygen atoms in total. The second kappa shape index (κ2) is 7.27. The van der Waals surface area contributed by atoms with Crippen molar-refractivity contribution in [2.45, 2.75) is 46.6 Å². The number of hydrogen-bond acceptors (Lipinski definition) is 3. The molecule has 5 heteroatoms. The number of amides is 2. The maximum Gasteiger partial charge on any atom is 0.224 e. The van der Waals surface area contributed by atoms with Crippen LogP contribution >= 0.6 is 0 Å². The van der Waals surface area contributed by atoms with Crippen LogP contribution in [-0.2, 0) is 9.59 Å². The van der Waals surface area contributed by atoms with E-state index in [1.807, 2.05) is 0 Å². The van der Waals surface area contributed by atoms with Gasteiger partial charge in [0, 0.05) is 19.0 Å². The predicted octanol–water partition coefficient (Wildman–Crippen LogP) is 0.392. The van der Waals surface area contributed by atoms with Crippen LogP contribution in [0.5, 0.6) is 0 Å². The second-order valence-corrected chi connectivity index (χ2v) is 5.24. The van der Waals surface area contributed by atoms with Crippen molar-refractivity contribution in [3.63, 3.8) is 0 Å². The molecule has 0 aliphatic rings. The summed E-state index contributed by atoms with van der Waals surface area (Å²) in [6.45, 7) is 8.68. The summed E-state index contributed by atoms with van der Waals surface area (Å²) >= 11 is 0. The van der Waals surface area contributed by atoms with Crippen LogP contribution in [0.15, 0.2) is 0 Å². The molecule has 0 heterocycles. The minimum absolute atomic E-state index is 0.0371. The molecule has 0 aliphatic carbocycles. The van der Waals surface area contributed by atoms with E-state index in [2.05, 4.69) is 24.5 Å². The Kier molecular flexibility index (Phi) is 6.80. The molecule has 0 rings (SSSR count). The van der Waals surface area contributed by atoms with Gasteiger partial charge in [-0.1, -0.05) is 13.8 Å². The third-order valence-corrected chi connectivity index (χ3v) is 2.53. The van der Waals surface area contributed by atoms with E-state index >= 15 is 0 Å². The highest BCUT2D eigenvalue weighted by molar-refractivity contribution is 5.82. The fourth-order valence-corrected chi connectivity index (χ4v) is 1.13. The summed E-state index contributed by atoms with van der Waals surface area (Å²) in [6, 6.07) is 0.437. The first-order valence-electron chi connectivity index (χ1n) is 6.05. The zero-order valence-corrected chi connectivity index (χ0v) is 11.3. The molecule has 0 fully saturated rings. The average molecular weight is 243 g/mol. The summed E-state index contributed by atoms with van der Waals surface area (Å²) < 4.78 is 0. The fourth-order valence-electron chi connectivity index (χ4n) is 1.13. The minimum Gasteiger partial charge on any atom is -0.369 e. The van der Waals surface area contributed by atoms with Gasteiger partial charge in [0.15, 0.2) is 0 Å². The van der Waals surface area contributed by atoms with Crippen LogP contribution in [0.2, 0.25) is 0 Å². The first-order valence-corrected chi connectivity index (χ1v) is 6.05. The van der Waals surface area contributed by atoms with Crippen molar-refractivity contribution >= 4 is 11.8 Å². The van der Waals surface area contributed by atoms with Crippen LogP contribution in [0.4, 0.5) is 0 Å². The van der Waals surface area contributed by atoms with Gasteiger partial charge in [-0.15, -0.1) is 0 Å². The Hall–Kier alpha value is -1.10. The lowest BCUT2D eigenvalue weighted by Crippen LogP contribution is -2.42. The standard InChI is InChI=1S/C12H25N3O2/c1-9(2)14-7-5-6-10(16)15-8-12(3,4)11(13)17/h9,14H,5-8H2,1-4H3,(H2,13,17)(H,15,16). The van der Waals surface area contributed by atoms with Crippen LogP contribution in [0, 0.1) is 5.41 Å². The van der Waals surface area contributed by atoms with Crippen molar-refractivity contribution in [1.29, 1.82) is 0 Å². The molecule has 0 bridgehead atoms. The van der Waals surface area contributed by atoms with Gasteiger partial charge in [0.25, 0.3) is 0 Å². The Labute approximate surface area is 104 Å². The highest BCUT2D eigenvalue weighted by atomic mass is 16.2. The fraction of sp³-hybridized carbons (Fsp3) is 0.833. The van der Waals surface area contributed by atoms with Gasteiger partial charge in [-0.05, 0) is 26.8 Å². The first-order chi connectivity index (χ1) is 7.75. The highest BCUT2D eigenvalue weighted by Gasteiger charge is 2.25. The van der Waals surface area contributed by atoms with E-state index in [4.69, 9.17) is 5.73 Å². The normalized spacial score (nSPS) is 11.6. The van der Waals surface area contributed by atoms with E-state index in [9.17, 15) is 9.59 Å². The Bertz CT molecular complexity index is 262. The summed E-state index contributed by atoms with van der Waals surface area (Å²) in [4.78, 5) is 22.5. The summed E-state index contributed by atoms with van der Waals surface area (Å²) in [6.07, 6.45) is 1.26. The molecule has 2 amide bonds. The first kappa shape index (κ1) is 15.9. The molecule has 0 atom stereocenters. The van der Waals surface area contributed by atoms with Gasteiger partial charge in [0.2, 0.25) is 11.8 Å². The molecule has 4 N–H and O–H groups in total. The number of primary amides is 1. The molecule has 0 aromatic carbocycles. The summed E-state index contributed by atoms with van der Waals surface area (Å²) in [5, 5.41) is 5.96. The molecule has 100 valence electrons. The van der Waals surface area contributed by atoms with Gasteiger partial charge in [-0.25, -0.2) is 0 Å². The predicted molar refractivity (Wildman–Crippen MR) is 68.4 cm³/mol. The molecular weight excluding hydrogens is 218 g/mol. The zero-order chi connectivity index (χ0) is 13.5. The average Bonchev–Trinajstić information content (AvgIpc) is 2.21. The van der Waals surface area contributed by atoms with E-state index in [1.54, 1.807) is 13.8 Å². The van der Waals surface area contributed by atoms with Crippen molar-refractivity contribution in [3.8, 4) is 0 Å². The number of nitrogens with two attached hydrogens (primary N) is 1. The highest BCUT2D eigenvalue weighted by Crippen LogP contribution is 2.11. The third kappa shape index (κ3) is 7.74. The lowest BCUT2D eigenvalue weighted by molar-refractivity contribution is -0.127. The molecule has 0 spiro atoms. The van der Waals surface area contributed by atoms with Crippen LogP contribution in [0.3, 0.4) is 0 Å².